The molecule has 1 aromatic heterocycles. The van der Waals surface area contributed by atoms with Gasteiger partial charge < -0.3 is 15.7 Å². The molecule has 0 aliphatic rings. The first-order valence-electron chi connectivity index (χ1n) is 6.19. The summed E-state index contributed by atoms with van der Waals surface area (Å²) >= 11 is 0. The zero-order valence-electron chi connectivity index (χ0n) is 10.7. The van der Waals surface area contributed by atoms with Crippen LogP contribution in [0.15, 0.2) is 6.33 Å². The summed E-state index contributed by atoms with van der Waals surface area (Å²) in [6.45, 7) is 5.78. The van der Waals surface area contributed by atoms with Crippen LogP contribution in [0.3, 0.4) is 0 Å². The van der Waals surface area contributed by atoms with Crippen LogP contribution in [0.5, 0.6) is 0 Å². The fraction of sp³-hybridized carbons (Fsp3) is 0.667. The van der Waals surface area contributed by atoms with E-state index >= 15 is 0 Å². The van der Waals surface area contributed by atoms with Gasteiger partial charge in [-0.25, -0.2) is 9.97 Å². The summed E-state index contributed by atoms with van der Waals surface area (Å²) in [6.07, 6.45) is 4.37. The highest BCUT2D eigenvalue weighted by atomic mass is 16.3. The molecule has 5 nitrogen and oxygen atoms in total. The second-order valence-electron chi connectivity index (χ2n) is 4.02. The Morgan fingerprint density at radius 1 is 1.24 bits per heavy atom. The van der Waals surface area contributed by atoms with E-state index < -0.39 is 0 Å². The lowest BCUT2D eigenvalue weighted by Crippen LogP contribution is -2.29. The molecule has 0 aliphatic carbocycles. The average Bonchev–Trinajstić information content (AvgIpc) is 2.32. The topological polar surface area (TPSA) is 75.3 Å². The number of anilines is 2. The minimum absolute atomic E-state index is 0.121. The lowest BCUT2D eigenvalue weighted by atomic mass is 10.1. The van der Waals surface area contributed by atoms with Crippen LogP contribution in [0.25, 0.3) is 0 Å². The first kappa shape index (κ1) is 13.7. The second kappa shape index (κ2) is 7.06. The van der Waals surface area contributed by atoms with E-state index in [2.05, 4.69) is 28.7 Å². The molecule has 1 heterocycles. The molecular weight excluding hydrogens is 216 g/mol. The van der Waals surface area contributed by atoms with Gasteiger partial charge in [-0.2, -0.15) is 0 Å². The molecule has 17 heavy (non-hydrogen) atoms. The maximum Gasteiger partial charge on any atom is 0.137 e. The number of aromatic nitrogens is 2. The van der Waals surface area contributed by atoms with Crippen LogP contribution in [0.2, 0.25) is 0 Å². The highest BCUT2D eigenvalue weighted by molar-refractivity contribution is 5.56. The zero-order valence-corrected chi connectivity index (χ0v) is 10.7. The predicted molar refractivity (Wildman–Crippen MR) is 70.0 cm³/mol. The highest BCUT2D eigenvalue weighted by Gasteiger charge is 2.14. The summed E-state index contributed by atoms with van der Waals surface area (Å²) in [4.78, 5) is 10.4. The standard InChI is InChI=1S/C12H22N4O/c1-3-5-10-11(13)14-9-15-12(10)16(6-4-2)7-8-17/h9,17H,3-8H2,1-2H3,(H2,13,14,15). The van der Waals surface area contributed by atoms with Crippen LogP contribution in [0, 0.1) is 0 Å². The van der Waals surface area contributed by atoms with E-state index in [0.29, 0.717) is 12.4 Å². The van der Waals surface area contributed by atoms with Gasteiger partial charge in [0.25, 0.3) is 0 Å². The minimum Gasteiger partial charge on any atom is -0.395 e. The number of aliphatic hydroxyl groups excluding tert-OH is 1. The van der Waals surface area contributed by atoms with Crippen LogP contribution < -0.4 is 10.6 Å². The molecule has 0 atom stereocenters. The van der Waals surface area contributed by atoms with Gasteiger partial charge in [-0.3, -0.25) is 0 Å². The molecule has 0 spiro atoms. The number of nitrogen functional groups attached to an aromatic ring is 1. The van der Waals surface area contributed by atoms with Gasteiger partial charge in [0, 0.05) is 18.7 Å². The summed E-state index contributed by atoms with van der Waals surface area (Å²) in [5.74, 6) is 1.42. The molecule has 0 radical (unpaired) electrons. The van der Waals surface area contributed by atoms with Gasteiger partial charge in [0.2, 0.25) is 0 Å². The third-order valence-electron chi connectivity index (χ3n) is 2.62. The van der Waals surface area contributed by atoms with Crippen molar-refractivity contribution in [1.29, 1.82) is 0 Å². The van der Waals surface area contributed by atoms with Gasteiger partial charge in [0.1, 0.15) is 18.0 Å². The van der Waals surface area contributed by atoms with Crippen molar-refractivity contribution in [3.05, 3.63) is 11.9 Å². The zero-order chi connectivity index (χ0) is 12.7. The molecule has 0 amide bonds. The monoisotopic (exact) mass is 238 g/mol. The Morgan fingerprint density at radius 3 is 2.59 bits per heavy atom. The van der Waals surface area contributed by atoms with Crippen molar-refractivity contribution in [3.63, 3.8) is 0 Å². The van der Waals surface area contributed by atoms with Crippen molar-refractivity contribution in [1.82, 2.24) is 9.97 Å². The van der Waals surface area contributed by atoms with Crippen molar-refractivity contribution in [2.75, 3.05) is 30.3 Å². The van der Waals surface area contributed by atoms with Gasteiger partial charge >= 0.3 is 0 Å². The van der Waals surface area contributed by atoms with E-state index in [4.69, 9.17) is 10.8 Å². The van der Waals surface area contributed by atoms with Crippen molar-refractivity contribution in [3.8, 4) is 0 Å². The van der Waals surface area contributed by atoms with Crippen molar-refractivity contribution >= 4 is 11.6 Å². The maximum absolute atomic E-state index is 9.10. The second-order valence-corrected chi connectivity index (χ2v) is 4.02. The number of nitrogens with two attached hydrogens (primary N) is 1. The molecular formula is C12H22N4O. The van der Waals surface area contributed by atoms with Gasteiger partial charge in [-0.15, -0.1) is 0 Å². The lowest BCUT2D eigenvalue weighted by Gasteiger charge is -2.24. The van der Waals surface area contributed by atoms with Gasteiger partial charge in [0.05, 0.1) is 6.61 Å². The summed E-state index contributed by atoms with van der Waals surface area (Å²) in [5, 5.41) is 9.10. The number of rotatable bonds is 7. The van der Waals surface area contributed by atoms with Crippen molar-refractivity contribution < 1.29 is 5.11 Å². The van der Waals surface area contributed by atoms with Crippen LogP contribution in [0.4, 0.5) is 11.6 Å². The van der Waals surface area contributed by atoms with Crippen LogP contribution >= 0.6 is 0 Å². The van der Waals surface area contributed by atoms with Crippen LogP contribution in [-0.2, 0) is 6.42 Å². The molecule has 0 aliphatic heterocycles. The normalized spacial score (nSPS) is 10.5. The molecule has 0 unspecified atom stereocenters. The van der Waals surface area contributed by atoms with Crippen molar-refractivity contribution in [2.45, 2.75) is 33.1 Å². The fourth-order valence-corrected chi connectivity index (χ4v) is 1.89. The third kappa shape index (κ3) is 3.56. The summed E-state index contributed by atoms with van der Waals surface area (Å²) in [6, 6.07) is 0. The molecule has 0 aromatic carbocycles. The van der Waals surface area contributed by atoms with Gasteiger partial charge in [-0.05, 0) is 12.8 Å². The first-order valence-corrected chi connectivity index (χ1v) is 6.19. The fourth-order valence-electron chi connectivity index (χ4n) is 1.89. The Balaban J connectivity index is 3.03. The van der Waals surface area contributed by atoms with E-state index in [0.717, 1.165) is 37.2 Å². The van der Waals surface area contributed by atoms with E-state index in [9.17, 15) is 0 Å². The van der Waals surface area contributed by atoms with E-state index in [1.54, 1.807) is 0 Å². The molecule has 1 aromatic rings. The van der Waals surface area contributed by atoms with Crippen LogP contribution in [0.1, 0.15) is 32.3 Å². The SMILES string of the molecule is CCCc1c(N)ncnc1N(CCC)CCO. The Hall–Kier alpha value is -1.36. The van der Waals surface area contributed by atoms with Gasteiger partial charge in [-0.1, -0.05) is 20.3 Å². The van der Waals surface area contributed by atoms with Crippen LogP contribution in [-0.4, -0.2) is 34.8 Å². The molecule has 5 heteroatoms. The maximum atomic E-state index is 9.10. The molecule has 3 N–H and O–H groups in total. The summed E-state index contributed by atoms with van der Waals surface area (Å²) in [7, 11) is 0. The van der Waals surface area contributed by atoms with Crippen molar-refractivity contribution in [2.24, 2.45) is 0 Å². The third-order valence-corrected chi connectivity index (χ3v) is 2.62. The number of nitrogens with zero attached hydrogens (tertiary/aromatic N) is 3. The van der Waals surface area contributed by atoms with E-state index in [1.165, 1.54) is 6.33 Å². The predicted octanol–water partition coefficient (Wildman–Crippen LogP) is 1.22. The Labute approximate surface area is 103 Å². The smallest absolute Gasteiger partial charge is 0.137 e. The number of hydrogen-bond acceptors (Lipinski definition) is 5. The largest absolute Gasteiger partial charge is 0.395 e. The highest BCUT2D eigenvalue weighted by Crippen LogP contribution is 2.22. The Morgan fingerprint density at radius 2 is 2.00 bits per heavy atom. The minimum atomic E-state index is 0.121. The lowest BCUT2D eigenvalue weighted by molar-refractivity contribution is 0.301. The molecule has 96 valence electrons. The Kier molecular flexibility index (Phi) is 5.69. The van der Waals surface area contributed by atoms with E-state index in [-0.39, 0.29) is 6.61 Å². The quantitative estimate of drug-likeness (QED) is 0.747. The van der Waals surface area contributed by atoms with E-state index in [1.807, 2.05) is 0 Å². The molecule has 0 saturated heterocycles. The molecule has 0 fully saturated rings. The summed E-state index contributed by atoms with van der Waals surface area (Å²) < 4.78 is 0. The number of aliphatic hydroxyl groups is 1. The summed E-state index contributed by atoms with van der Waals surface area (Å²) in [5.41, 5.74) is 6.89. The molecule has 0 bridgehead atoms. The Bertz CT molecular complexity index is 337. The first-order chi connectivity index (χ1) is 8.24. The average molecular weight is 238 g/mol. The molecule has 1 rings (SSSR count). The number of hydrogen-bond donors (Lipinski definition) is 2. The van der Waals surface area contributed by atoms with Gasteiger partial charge in [0.15, 0.2) is 0 Å². The molecule has 0 saturated carbocycles.